The maximum absolute atomic E-state index is 12.9. The number of anilines is 1. The molecule has 34 heavy (non-hydrogen) atoms. The molecule has 5 rings (SSSR count). The molecule has 0 aliphatic carbocycles. The summed E-state index contributed by atoms with van der Waals surface area (Å²) in [6.07, 6.45) is 1.83. The molecule has 1 fully saturated rings. The second-order valence-corrected chi connectivity index (χ2v) is 9.89. The van der Waals surface area contributed by atoms with Crippen molar-refractivity contribution < 1.29 is 9.53 Å². The lowest BCUT2D eigenvalue weighted by atomic mass is 9.97. The molecule has 1 aliphatic heterocycles. The Bertz CT molecular complexity index is 1320. The number of hydrogen-bond acceptors (Lipinski definition) is 6. The lowest BCUT2D eigenvalue weighted by molar-refractivity contribution is -0.125. The monoisotopic (exact) mass is 495 g/mol. The van der Waals surface area contributed by atoms with E-state index in [2.05, 4.69) is 15.3 Å². The minimum absolute atomic E-state index is 0.0692. The second-order valence-electron chi connectivity index (χ2n) is 8.48. The lowest BCUT2D eigenvalue weighted by Crippen LogP contribution is -2.43. The zero-order valence-corrected chi connectivity index (χ0v) is 20.7. The molecule has 0 unspecified atom stereocenters. The predicted octanol–water partition coefficient (Wildman–Crippen LogP) is 4.99. The molecule has 7 nitrogen and oxygen atoms in total. The number of nitrogens with zero attached hydrogens (tertiary/aromatic N) is 4. The molecule has 3 heterocycles. The van der Waals surface area contributed by atoms with Gasteiger partial charge < -0.3 is 15.0 Å². The summed E-state index contributed by atoms with van der Waals surface area (Å²) in [5.41, 5.74) is 3.73. The highest BCUT2D eigenvalue weighted by molar-refractivity contribution is 7.22. The lowest BCUT2D eigenvalue weighted by Gasteiger charge is -2.31. The Morgan fingerprint density at radius 3 is 2.88 bits per heavy atom. The predicted molar refractivity (Wildman–Crippen MR) is 136 cm³/mol. The average Bonchev–Trinajstić information content (AvgIpc) is 3.44. The topological polar surface area (TPSA) is 72.3 Å². The van der Waals surface area contributed by atoms with Gasteiger partial charge in [-0.25, -0.2) is 4.68 Å². The Balaban J connectivity index is 1.30. The van der Waals surface area contributed by atoms with Gasteiger partial charge in [0.1, 0.15) is 5.75 Å². The Morgan fingerprint density at radius 1 is 1.26 bits per heavy atom. The zero-order chi connectivity index (χ0) is 23.7. The number of carbonyl (C=O) groups excluding carboxylic acids is 1. The van der Waals surface area contributed by atoms with Crippen LogP contribution in [0.25, 0.3) is 16.0 Å². The second kappa shape index (κ2) is 9.64. The molecule has 0 radical (unpaired) electrons. The maximum Gasteiger partial charge on any atom is 0.225 e. The van der Waals surface area contributed by atoms with Gasteiger partial charge in [-0.15, -0.1) is 0 Å². The molecule has 0 saturated carbocycles. The van der Waals surface area contributed by atoms with Crippen LogP contribution >= 0.6 is 22.9 Å². The van der Waals surface area contributed by atoms with E-state index in [1.54, 1.807) is 18.4 Å². The molecule has 0 bridgehead atoms. The van der Waals surface area contributed by atoms with Crippen LogP contribution in [-0.4, -0.2) is 40.9 Å². The fourth-order valence-corrected chi connectivity index (χ4v) is 5.45. The quantitative estimate of drug-likeness (QED) is 0.408. The van der Waals surface area contributed by atoms with Crippen molar-refractivity contribution in [1.29, 1.82) is 0 Å². The van der Waals surface area contributed by atoms with E-state index in [1.807, 2.05) is 60.1 Å². The molecular weight excluding hydrogens is 470 g/mol. The van der Waals surface area contributed by atoms with Crippen LogP contribution < -0.4 is 15.0 Å². The van der Waals surface area contributed by atoms with Gasteiger partial charge in [0.05, 0.1) is 29.1 Å². The normalized spacial score (nSPS) is 16.1. The summed E-state index contributed by atoms with van der Waals surface area (Å²) in [5, 5.41) is 9.39. The van der Waals surface area contributed by atoms with Crippen LogP contribution in [0.5, 0.6) is 5.75 Å². The highest BCUT2D eigenvalue weighted by Crippen LogP contribution is 2.34. The number of rotatable bonds is 6. The van der Waals surface area contributed by atoms with Gasteiger partial charge in [-0.3, -0.25) is 4.79 Å². The van der Waals surface area contributed by atoms with Gasteiger partial charge in [0.2, 0.25) is 5.91 Å². The molecule has 2 aromatic carbocycles. The summed E-state index contributed by atoms with van der Waals surface area (Å²) in [4.78, 5) is 20.1. The molecule has 0 spiro atoms. The molecular formula is C25H26ClN5O2S. The number of benzene rings is 2. The largest absolute Gasteiger partial charge is 0.497 e. The highest BCUT2D eigenvalue weighted by Gasteiger charge is 2.28. The average molecular weight is 496 g/mol. The molecule has 4 aromatic rings. The fraction of sp³-hybridized carbons (Fsp3) is 0.320. The number of ether oxygens (including phenoxy) is 1. The minimum atomic E-state index is -0.0692. The van der Waals surface area contributed by atoms with E-state index in [-0.39, 0.29) is 11.8 Å². The van der Waals surface area contributed by atoms with Crippen LogP contribution in [0.2, 0.25) is 5.02 Å². The van der Waals surface area contributed by atoms with Crippen LogP contribution in [-0.2, 0) is 11.3 Å². The van der Waals surface area contributed by atoms with Gasteiger partial charge in [0.25, 0.3) is 0 Å². The Morgan fingerprint density at radius 2 is 2.09 bits per heavy atom. The summed E-state index contributed by atoms with van der Waals surface area (Å²) < 4.78 is 8.20. The number of halogens is 1. The number of nitrogens with one attached hydrogen (secondary N) is 1. The van der Waals surface area contributed by atoms with Crippen LogP contribution in [0.1, 0.15) is 24.1 Å². The third-order valence-electron chi connectivity index (χ3n) is 6.11. The Kier molecular flexibility index (Phi) is 6.43. The molecule has 1 N–H and O–H groups in total. The van der Waals surface area contributed by atoms with Crippen molar-refractivity contribution in [2.45, 2.75) is 26.3 Å². The van der Waals surface area contributed by atoms with Crippen molar-refractivity contribution >= 4 is 44.3 Å². The first-order valence-corrected chi connectivity index (χ1v) is 12.5. The summed E-state index contributed by atoms with van der Waals surface area (Å²) in [6.45, 7) is 4.04. The maximum atomic E-state index is 12.9. The number of aryl methyl sites for hydroxylation is 1. The SMILES string of the molecule is COc1cccc(CNC(=O)[C@@H]2CCCN(c3nc4c(s3)c(C)nn4-c3ccc(Cl)cc3)C2)c1. The van der Waals surface area contributed by atoms with E-state index in [9.17, 15) is 4.79 Å². The van der Waals surface area contributed by atoms with E-state index in [1.165, 1.54) is 0 Å². The van der Waals surface area contributed by atoms with Gasteiger partial charge in [0.15, 0.2) is 10.8 Å². The van der Waals surface area contributed by atoms with Gasteiger partial charge in [0, 0.05) is 24.7 Å². The number of aromatic nitrogens is 3. The van der Waals surface area contributed by atoms with E-state index in [0.29, 0.717) is 18.1 Å². The Hall–Kier alpha value is -3.10. The number of hydrogen-bond donors (Lipinski definition) is 1. The van der Waals surface area contributed by atoms with Crippen LogP contribution in [0.4, 0.5) is 5.13 Å². The minimum Gasteiger partial charge on any atom is -0.497 e. The number of amides is 1. The van der Waals surface area contributed by atoms with Gasteiger partial charge in [-0.05, 0) is 61.7 Å². The summed E-state index contributed by atoms with van der Waals surface area (Å²) in [7, 11) is 1.64. The molecule has 1 saturated heterocycles. The smallest absolute Gasteiger partial charge is 0.225 e. The molecule has 1 atom stereocenters. The molecule has 9 heteroatoms. The number of fused-ring (bicyclic) bond motifs is 1. The number of piperidine rings is 1. The van der Waals surface area contributed by atoms with Crippen LogP contribution in [0, 0.1) is 12.8 Å². The third kappa shape index (κ3) is 4.60. The molecule has 176 valence electrons. The van der Waals surface area contributed by atoms with E-state index >= 15 is 0 Å². The van der Waals surface area contributed by atoms with Crippen molar-refractivity contribution in [3.63, 3.8) is 0 Å². The van der Waals surface area contributed by atoms with Crippen LogP contribution in [0.3, 0.4) is 0 Å². The summed E-state index contributed by atoms with van der Waals surface area (Å²) >= 11 is 7.69. The zero-order valence-electron chi connectivity index (χ0n) is 19.1. The van der Waals surface area contributed by atoms with E-state index < -0.39 is 0 Å². The van der Waals surface area contributed by atoms with Crippen molar-refractivity contribution in [2.75, 3.05) is 25.1 Å². The first-order chi connectivity index (χ1) is 16.5. The molecule has 1 amide bonds. The van der Waals surface area contributed by atoms with Crippen molar-refractivity contribution in [2.24, 2.45) is 5.92 Å². The van der Waals surface area contributed by atoms with Gasteiger partial charge >= 0.3 is 0 Å². The highest BCUT2D eigenvalue weighted by atomic mass is 35.5. The van der Waals surface area contributed by atoms with Crippen molar-refractivity contribution in [1.82, 2.24) is 20.1 Å². The fourth-order valence-electron chi connectivity index (χ4n) is 4.30. The molecule has 2 aromatic heterocycles. The van der Waals surface area contributed by atoms with Crippen molar-refractivity contribution in [3.8, 4) is 11.4 Å². The Labute approximate surface area is 207 Å². The summed E-state index contributed by atoms with van der Waals surface area (Å²) in [6, 6.07) is 15.4. The number of thiazole rings is 1. The van der Waals surface area contributed by atoms with E-state index in [4.69, 9.17) is 21.3 Å². The summed E-state index contributed by atoms with van der Waals surface area (Å²) in [5.74, 6) is 0.802. The standard InChI is InChI=1S/C25H26ClN5O2S/c1-16-22-23(31(29-16)20-10-8-19(26)9-11-20)28-25(34-22)30-12-4-6-18(15-30)24(32)27-14-17-5-3-7-21(13-17)33-2/h3,5,7-11,13,18H,4,6,12,14-15H2,1-2H3,(H,27,32)/t18-/m1/s1. The van der Waals surface area contributed by atoms with Crippen molar-refractivity contribution in [3.05, 3.63) is 64.8 Å². The van der Waals surface area contributed by atoms with Gasteiger partial charge in [-0.1, -0.05) is 35.1 Å². The third-order valence-corrected chi connectivity index (χ3v) is 7.58. The van der Waals surface area contributed by atoms with E-state index in [0.717, 1.165) is 57.6 Å². The molecule has 1 aliphatic rings. The number of carbonyl (C=O) groups is 1. The number of methoxy groups -OCH3 is 1. The first kappa shape index (κ1) is 22.7. The van der Waals surface area contributed by atoms with Gasteiger partial charge in [-0.2, -0.15) is 10.1 Å². The van der Waals surface area contributed by atoms with Crippen LogP contribution in [0.15, 0.2) is 48.5 Å². The first-order valence-electron chi connectivity index (χ1n) is 11.3.